The summed E-state index contributed by atoms with van der Waals surface area (Å²) in [4.78, 5) is 0. The van der Waals surface area contributed by atoms with Crippen molar-refractivity contribution in [2.24, 2.45) is 0 Å². The van der Waals surface area contributed by atoms with E-state index in [4.69, 9.17) is 0 Å². The first kappa shape index (κ1) is 9.54. The van der Waals surface area contributed by atoms with Crippen LogP contribution in [-0.4, -0.2) is 8.41 Å². The molecule has 0 aliphatic carbocycles. The Bertz CT molecular complexity index is 3.25. The Kier molecular flexibility index (Phi) is 21.4. The molecular formula is HBI3. The summed E-state index contributed by atoms with van der Waals surface area (Å²) in [5, 5.41) is 0. The molecule has 25 valence electrons. The molecular weight excluding hydrogens is 392 g/mol. The van der Waals surface area contributed by atoms with Crippen molar-refractivity contribution in [3.05, 3.63) is 0 Å². The Hall–Kier alpha value is 2.25. The molecule has 0 unspecified atom stereocenters. The largest absolute Gasteiger partial charge is 0 e. The Labute approximate surface area is 57.7 Å². The van der Waals surface area contributed by atoms with Crippen molar-refractivity contribution in [2.75, 3.05) is 0 Å². The fourth-order valence-electron chi connectivity index (χ4n) is 0. The molecule has 0 bridgehead atoms. The zero-order chi connectivity index (χ0) is 2.71. The molecule has 0 aliphatic rings. The molecule has 3 radical (unpaired) electrons. The molecule has 0 nitrogen and oxygen atoms in total. The SMILES string of the molecule is I[IH]I.[B]. The minimum atomic E-state index is 0. The summed E-state index contributed by atoms with van der Waals surface area (Å²) in [6, 6.07) is 0. The van der Waals surface area contributed by atoms with Gasteiger partial charge in [0.15, 0.2) is 0 Å². The maximum Gasteiger partial charge on any atom is 0 e. The van der Waals surface area contributed by atoms with Gasteiger partial charge in [-0.1, -0.05) is 0 Å². The molecule has 0 heterocycles. The predicted octanol–water partition coefficient (Wildman–Crippen LogP) is 2.01. The Morgan fingerprint density at radius 2 is 1.25 bits per heavy atom. The first-order chi connectivity index (χ1) is 1.41. The minimum Gasteiger partial charge on any atom is 0 e. The summed E-state index contributed by atoms with van der Waals surface area (Å²) >= 11 is 5.22. The second kappa shape index (κ2) is 8.98. The molecule has 0 aromatic heterocycles. The summed E-state index contributed by atoms with van der Waals surface area (Å²) in [6.07, 6.45) is 0. The number of hydrogen-bond acceptors (Lipinski definition) is 0. The van der Waals surface area contributed by atoms with Gasteiger partial charge in [-0.15, -0.1) is 0 Å². The average Bonchev–Trinajstić information content (AvgIpc) is 0.918. The van der Waals surface area contributed by atoms with Gasteiger partial charge in [0.1, 0.15) is 0 Å². The van der Waals surface area contributed by atoms with Crippen LogP contribution < -0.4 is 0 Å². The van der Waals surface area contributed by atoms with Gasteiger partial charge in [0.25, 0.3) is 0 Å². The number of halogens is 3. The molecule has 0 amide bonds. The molecule has 4 heteroatoms. The van der Waals surface area contributed by atoms with Crippen molar-refractivity contribution in [3.8, 4) is 0 Å². The summed E-state index contributed by atoms with van der Waals surface area (Å²) in [7, 11) is 0. The van der Waals surface area contributed by atoms with Gasteiger partial charge >= 0.3 is 50.5 Å². The van der Waals surface area contributed by atoms with Crippen LogP contribution >= 0.6 is 50.5 Å². The van der Waals surface area contributed by atoms with Crippen LogP contribution in [0.3, 0.4) is 0 Å². The first-order valence-electron chi connectivity index (χ1n) is 0.309. The van der Waals surface area contributed by atoms with Crippen molar-refractivity contribution in [1.82, 2.24) is 0 Å². The van der Waals surface area contributed by atoms with E-state index in [1.54, 1.807) is 0 Å². The molecule has 0 aliphatic heterocycles. The zero-order valence-electron chi connectivity index (χ0n) is 1.74. The molecule has 0 rings (SSSR count). The number of rotatable bonds is 0. The molecule has 4 heavy (non-hydrogen) atoms. The van der Waals surface area contributed by atoms with Gasteiger partial charge in [-0.2, -0.15) is 0 Å². The zero-order valence-corrected chi connectivity index (χ0v) is 8.39. The van der Waals surface area contributed by atoms with E-state index >= 15 is 0 Å². The summed E-state index contributed by atoms with van der Waals surface area (Å²) < 4.78 is 0. The third-order valence-electron chi connectivity index (χ3n) is 0. The molecule has 0 N–H and O–H groups in total. The normalized spacial score (nSPS) is 5.50. The van der Waals surface area contributed by atoms with Gasteiger partial charge in [-0.3, -0.25) is 0 Å². The summed E-state index contributed by atoms with van der Waals surface area (Å²) in [5.74, 6) is 0. The number of hydrogen-bond donors (Lipinski definition) is 0. The van der Waals surface area contributed by atoms with Crippen molar-refractivity contribution in [2.45, 2.75) is 0 Å². The monoisotopic (exact) mass is 393 g/mol. The smallest absolute Gasteiger partial charge is 0 e. The topological polar surface area (TPSA) is 0 Å². The van der Waals surface area contributed by atoms with Gasteiger partial charge in [0.05, 0.1) is 0 Å². The van der Waals surface area contributed by atoms with E-state index in [1.807, 2.05) is 0 Å². The van der Waals surface area contributed by atoms with Crippen LogP contribution in [0, 0.1) is 0 Å². The van der Waals surface area contributed by atoms with E-state index < -0.39 is 0 Å². The Morgan fingerprint density at radius 1 is 1.25 bits per heavy atom. The first-order valence-corrected chi connectivity index (χ1v) is 13.9. The molecule has 0 saturated carbocycles. The third-order valence-corrected chi connectivity index (χ3v) is 0. The van der Waals surface area contributed by atoms with E-state index in [-0.39, 0.29) is 8.41 Å². The molecule has 0 atom stereocenters. The van der Waals surface area contributed by atoms with Crippen molar-refractivity contribution in [1.29, 1.82) is 0 Å². The van der Waals surface area contributed by atoms with Crippen molar-refractivity contribution in [3.63, 3.8) is 0 Å². The van der Waals surface area contributed by atoms with E-state index in [9.17, 15) is 0 Å². The van der Waals surface area contributed by atoms with E-state index in [0.717, 1.165) is 0 Å². The summed E-state index contributed by atoms with van der Waals surface area (Å²) in [5.41, 5.74) is 0. The molecule has 0 aromatic carbocycles. The maximum absolute atomic E-state index is 2.41. The van der Waals surface area contributed by atoms with Gasteiger partial charge in [-0.05, 0) is 0 Å². The van der Waals surface area contributed by atoms with Crippen LogP contribution in [0.5, 0.6) is 0 Å². The fourth-order valence-corrected chi connectivity index (χ4v) is 0. The maximum atomic E-state index is 2.41. The fraction of sp³-hybridized carbons (Fsp3) is 0. The van der Waals surface area contributed by atoms with Crippen molar-refractivity contribution >= 4 is 58.9 Å². The average molecular weight is 393 g/mol. The second-order valence-corrected chi connectivity index (χ2v) is 17.6. The third kappa shape index (κ3) is 8.87. The van der Waals surface area contributed by atoms with Crippen LogP contribution in [0.25, 0.3) is 0 Å². The second-order valence-electron chi connectivity index (χ2n) is 0.0583. The Balaban J connectivity index is 0. The quantitative estimate of drug-likeness (QED) is 0.437. The standard InChI is InChI=1S/B.HI3/c;1-3-2/h;3H. The van der Waals surface area contributed by atoms with Gasteiger partial charge in [-0.25, -0.2) is 0 Å². The van der Waals surface area contributed by atoms with Crippen LogP contribution in [0.4, 0.5) is 0 Å². The predicted molar refractivity (Wildman–Crippen MR) is 49.2 cm³/mol. The van der Waals surface area contributed by atoms with Crippen LogP contribution in [0.1, 0.15) is 0 Å². The minimum absolute atomic E-state index is 0. The molecule has 0 fully saturated rings. The van der Waals surface area contributed by atoms with Gasteiger partial charge in [0.2, 0.25) is 0 Å². The van der Waals surface area contributed by atoms with E-state index in [0.29, 0.717) is 13.3 Å². The van der Waals surface area contributed by atoms with Crippen LogP contribution in [0.2, 0.25) is 0 Å². The van der Waals surface area contributed by atoms with Crippen molar-refractivity contribution < 1.29 is 0 Å². The van der Waals surface area contributed by atoms with E-state index in [1.165, 1.54) is 0 Å². The molecule has 0 aromatic rings. The van der Waals surface area contributed by atoms with Crippen LogP contribution in [0.15, 0.2) is 0 Å². The molecule has 0 spiro atoms. The van der Waals surface area contributed by atoms with E-state index in [2.05, 4.69) is 37.2 Å². The van der Waals surface area contributed by atoms with Gasteiger partial charge < -0.3 is 0 Å². The molecule has 0 saturated heterocycles. The summed E-state index contributed by atoms with van der Waals surface area (Å²) in [6.45, 7) is 0. The Morgan fingerprint density at radius 3 is 1.25 bits per heavy atom. The van der Waals surface area contributed by atoms with Crippen LogP contribution in [-0.2, 0) is 0 Å². The van der Waals surface area contributed by atoms with Gasteiger partial charge in [0, 0.05) is 8.41 Å².